The molecule has 1 aromatic rings. The van der Waals surface area contributed by atoms with Gasteiger partial charge in [-0.25, -0.2) is 0 Å². The molecule has 0 aliphatic heterocycles. The van der Waals surface area contributed by atoms with E-state index in [1.807, 2.05) is 0 Å². The quantitative estimate of drug-likeness (QED) is 0.427. The van der Waals surface area contributed by atoms with Crippen LogP contribution in [0.1, 0.15) is 33.3 Å². The van der Waals surface area contributed by atoms with E-state index in [9.17, 15) is 19.8 Å². The minimum Gasteiger partial charge on any atom is -0.368 e. The van der Waals surface area contributed by atoms with E-state index < -0.39 is 36.6 Å². The summed E-state index contributed by atoms with van der Waals surface area (Å²) in [4.78, 5) is 10.3. The van der Waals surface area contributed by atoms with Crippen molar-refractivity contribution in [2.75, 3.05) is 6.54 Å². The van der Waals surface area contributed by atoms with Gasteiger partial charge in [-0.1, -0.05) is 23.7 Å². The number of rotatable bonds is 8. The second kappa shape index (κ2) is 7.73. The Labute approximate surface area is 140 Å². The van der Waals surface area contributed by atoms with Gasteiger partial charge in [0.1, 0.15) is 0 Å². The van der Waals surface area contributed by atoms with Crippen molar-refractivity contribution in [1.29, 1.82) is 0 Å². The smallest absolute Gasteiger partial charge is 0.368 e. The third kappa shape index (κ3) is 4.99. The summed E-state index contributed by atoms with van der Waals surface area (Å²) in [5, 5.41) is 20.0. The molecule has 0 bridgehead atoms. The molecule has 1 atom stereocenters. The largest absolute Gasteiger partial charge is 0.374 e. The Morgan fingerprint density at radius 1 is 1.22 bits per heavy atom. The van der Waals surface area contributed by atoms with Crippen LogP contribution in [0.3, 0.4) is 0 Å². The Hall–Kier alpha value is -0.980. The Kier molecular flexibility index (Phi) is 6.74. The Morgan fingerprint density at radius 3 is 2.00 bits per heavy atom. The molecule has 0 radical (unpaired) electrons. The van der Waals surface area contributed by atoms with Crippen molar-refractivity contribution < 1.29 is 23.6 Å². The Balaban J connectivity index is 3.47. The molecule has 0 spiro atoms. The summed E-state index contributed by atoms with van der Waals surface area (Å²) in [6.07, 6.45) is -1.13. The number of aliphatic hydroxyl groups is 1. The van der Waals surface area contributed by atoms with E-state index in [-0.39, 0.29) is 5.56 Å². The zero-order valence-corrected chi connectivity index (χ0v) is 15.1. The summed E-state index contributed by atoms with van der Waals surface area (Å²) < 4.78 is 23.9. The van der Waals surface area contributed by atoms with Gasteiger partial charge in [-0.05, 0) is 39.8 Å². The molecule has 0 aliphatic carbocycles. The van der Waals surface area contributed by atoms with Crippen LogP contribution in [0, 0.1) is 10.1 Å². The summed E-state index contributed by atoms with van der Waals surface area (Å²) in [6, 6.07) is 5.62. The van der Waals surface area contributed by atoms with Crippen LogP contribution in [0.5, 0.6) is 0 Å². The molecule has 0 amide bonds. The first kappa shape index (κ1) is 20.1. The summed E-state index contributed by atoms with van der Waals surface area (Å²) >= 11 is 5.80. The normalized spacial score (nSPS) is 15.0. The molecule has 1 N–H and O–H groups in total. The minimum atomic E-state index is -4.27. The number of hydrogen-bond donors (Lipinski definition) is 1. The monoisotopic (exact) mass is 365 g/mol. The molecule has 0 saturated heterocycles. The predicted molar refractivity (Wildman–Crippen MR) is 87.3 cm³/mol. The highest BCUT2D eigenvalue weighted by Gasteiger charge is 2.56. The van der Waals surface area contributed by atoms with Gasteiger partial charge in [0.25, 0.3) is 5.34 Å². The zero-order valence-electron chi connectivity index (χ0n) is 13.4. The summed E-state index contributed by atoms with van der Waals surface area (Å²) in [5.74, 6) is 0. The van der Waals surface area contributed by atoms with Gasteiger partial charge in [0.05, 0.1) is 12.2 Å². The van der Waals surface area contributed by atoms with Crippen LogP contribution >= 0.6 is 19.2 Å². The van der Waals surface area contributed by atoms with Gasteiger partial charge in [-0.15, -0.1) is 0 Å². The van der Waals surface area contributed by atoms with E-state index in [4.69, 9.17) is 20.6 Å². The zero-order chi connectivity index (χ0) is 17.8. The van der Waals surface area contributed by atoms with E-state index in [1.54, 1.807) is 27.7 Å². The van der Waals surface area contributed by atoms with Crippen LogP contribution in [0.2, 0.25) is 5.02 Å². The lowest BCUT2D eigenvalue weighted by atomic mass is 10.1. The van der Waals surface area contributed by atoms with Crippen molar-refractivity contribution in [3.8, 4) is 0 Å². The van der Waals surface area contributed by atoms with E-state index in [1.165, 1.54) is 24.3 Å². The lowest BCUT2D eigenvalue weighted by molar-refractivity contribution is -0.496. The molecule has 130 valence electrons. The van der Waals surface area contributed by atoms with Gasteiger partial charge in [-0.2, -0.15) is 0 Å². The molecule has 0 heterocycles. The molecule has 9 heteroatoms. The highest BCUT2D eigenvalue weighted by Crippen LogP contribution is 2.65. The van der Waals surface area contributed by atoms with E-state index in [0.717, 1.165) is 0 Å². The maximum atomic E-state index is 13.2. The van der Waals surface area contributed by atoms with E-state index in [2.05, 4.69) is 0 Å². The van der Waals surface area contributed by atoms with E-state index in [0.29, 0.717) is 5.02 Å². The molecule has 0 aliphatic rings. The summed E-state index contributed by atoms with van der Waals surface area (Å²) in [7, 11) is -4.27. The van der Waals surface area contributed by atoms with Crippen LogP contribution in [0.15, 0.2) is 24.3 Å². The number of nitro groups is 1. The molecule has 1 rings (SSSR count). The molecular weight excluding hydrogens is 345 g/mol. The first-order chi connectivity index (χ1) is 10.5. The van der Waals surface area contributed by atoms with Crippen molar-refractivity contribution >= 4 is 19.2 Å². The lowest BCUT2D eigenvalue weighted by Gasteiger charge is -2.34. The van der Waals surface area contributed by atoms with Crippen molar-refractivity contribution in [2.45, 2.75) is 45.2 Å². The highest BCUT2D eigenvalue weighted by atomic mass is 35.5. The fraction of sp³-hybridized carbons (Fsp3) is 0.571. The van der Waals surface area contributed by atoms with Crippen LogP contribution in [0.25, 0.3) is 0 Å². The SMILES string of the molecule is CC(C)OP(=O)(OC(C)C)C(O)(C[N+](=O)[O-])c1ccc(Cl)cc1. The van der Waals surface area contributed by atoms with Crippen LogP contribution in [0.4, 0.5) is 0 Å². The fourth-order valence-electron chi connectivity index (χ4n) is 1.99. The number of hydrogen-bond acceptors (Lipinski definition) is 6. The molecule has 1 unspecified atom stereocenters. The second-order valence-electron chi connectivity index (χ2n) is 5.62. The molecule has 0 aromatic heterocycles. The first-order valence-corrected chi connectivity index (χ1v) is 8.99. The maximum absolute atomic E-state index is 13.2. The Bertz CT molecular complexity index is 577. The molecule has 23 heavy (non-hydrogen) atoms. The third-order valence-electron chi connectivity index (χ3n) is 2.81. The van der Waals surface area contributed by atoms with Crippen LogP contribution < -0.4 is 0 Å². The summed E-state index contributed by atoms with van der Waals surface area (Å²) in [6.45, 7) is 5.39. The Morgan fingerprint density at radius 2 is 1.65 bits per heavy atom. The standard InChI is InChI=1S/C14H21ClNO6P/c1-10(2)21-23(20,22-11(3)4)14(17,9-16(18)19)12-5-7-13(15)8-6-12/h5-8,10-11,17H,9H2,1-4H3. The molecule has 0 fully saturated rings. The van der Waals surface area contributed by atoms with E-state index >= 15 is 0 Å². The van der Waals surface area contributed by atoms with Gasteiger partial charge >= 0.3 is 7.60 Å². The van der Waals surface area contributed by atoms with Crippen molar-refractivity contribution in [3.63, 3.8) is 0 Å². The fourth-order valence-corrected chi connectivity index (χ4v) is 4.38. The maximum Gasteiger partial charge on any atom is 0.374 e. The number of halogens is 1. The molecule has 1 aromatic carbocycles. The summed E-state index contributed by atoms with van der Waals surface area (Å²) in [5.41, 5.74) is 0.0447. The third-order valence-corrected chi connectivity index (χ3v) is 5.76. The lowest BCUT2D eigenvalue weighted by Crippen LogP contribution is -2.37. The van der Waals surface area contributed by atoms with Crippen LogP contribution in [-0.4, -0.2) is 28.8 Å². The van der Waals surface area contributed by atoms with Gasteiger partial charge in [0, 0.05) is 15.5 Å². The average molecular weight is 366 g/mol. The van der Waals surface area contributed by atoms with Crippen molar-refractivity contribution in [3.05, 3.63) is 45.0 Å². The first-order valence-electron chi connectivity index (χ1n) is 7.07. The highest BCUT2D eigenvalue weighted by molar-refractivity contribution is 7.55. The van der Waals surface area contributed by atoms with Crippen LogP contribution in [-0.2, 0) is 19.0 Å². The molecule has 7 nitrogen and oxygen atoms in total. The predicted octanol–water partition coefficient (Wildman–Crippen LogP) is 3.80. The van der Waals surface area contributed by atoms with Crippen molar-refractivity contribution in [2.24, 2.45) is 0 Å². The average Bonchev–Trinajstić information content (AvgIpc) is 2.36. The molecular formula is C14H21ClNO6P. The second-order valence-corrected chi connectivity index (χ2v) is 8.21. The van der Waals surface area contributed by atoms with Gasteiger partial charge in [0.15, 0.2) is 0 Å². The number of benzene rings is 1. The van der Waals surface area contributed by atoms with Gasteiger partial charge in [0.2, 0.25) is 6.54 Å². The number of nitrogens with zero attached hydrogens (tertiary/aromatic N) is 1. The molecule has 0 saturated carbocycles. The van der Waals surface area contributed by atoms with Gasteiger partial charge < -0.3 is 14.2 Å². The van der Waals surface area contributed by atoms with Gasteiger partial charge in [-0.3, -0.25) is 14.7 Å². The topological polar surface area (TPSA) is 98.9 Å². The minimum absolute atomic E-state index is 0.0447. The van der Waals surface area contributed by atoms with Crippen molar-refractivity contribution in [1.82, 2.24) is 0 Å².